The maximum atomic E-state index is 8.35. The number of halogens is 1. The van der Waals surface area contributed by atoms with E-state index in [4.69, 9.17) is 5.21 Å². The fourth-order valence-electron chi connectivity index (χ4n) is 0.395. The molecule has 4 nitrogen and oxygen atoms in total. The summed E-state index contributed by atoms with van der Waals surface area (Å²) >= 11 is 3.11. The van der Waals surface area contributed by atoms with Crippen molar-refractivity contribution in [3.05, 3.63) is 17.0 Å². The number of rotatable bonds is 1. The van der Waals surface area contributed by atoms with E-state index in [1.54, 1.807) is 0 Å². The first kappa shape index (κ1) is 6.44. The van der Waals surface area contributed by atoms with Gasteiger partial charge in [-0.15, -0.1) is 0 Å². The van der Waals surface area contributed by atoms with E-state index in [9.17, 15) is 0 Å². The van der Waals surface area contributed by atoms with E-state index in [0.717, 1.165) is 0 Å². The number of hydrogen-bond acceptors (Lipinski definition) is 4. The summed E-state index contributed by atoms with van der Waals surface area (Å²) < 4.78 is 0.632. The van der Waals surface area contributed by atoms with E-state index in [0.29, 0.717) is 10.3 Å². The smallest absolute Gasteiger partial charge is 0.167 e. The molecule has 0 fully saturated rings. The van der Waals surface area contributed by atoms with Gasteiger partial charge in [0.1, 0.15) is 6.33 Å². The van der Waals surface area contributed by atoms with Gasteiger partial charge in [-0.2, -0.15) is 0 Å². The van der Waals surface area contributed by atoms with Gasteiger partial charge in [0, 0.05) is 6.20 Å². The van der Waals surface area contributed by atoms with Crippen LogP contribution >= 0.6 is 15.9 Å². The highest BCUT2D eigenvalue weighted by Crippen LogP contribution is 2.15. The van der Waals surface area contributed by atoms with Crippen molar-refractivity contribution < 1.29 is 5.21 Å². The molecule has 0 saturated heterocycles. The van der Waals surface area contributed by atoms with Crippen molar-refractivity contribution in [2.45, 2.75) is 0 Å². The van der Waals surface area contributed by atoms with Gasteiger partial charge in [0.25, 0.3) is 0 Å². The highest BCUT2D eigenvalue weighted by Gasteiger charge is 1.94. The second-order valence-corrected chi connectivity index (χ2v) is 2.19. The molecule has 5 heteroatoms. The molecule has 1 rings (SSSR count). The number of aromatic nitrogens is 2. The standard InChI is InChI=1S/C4H4BrN3O/c5-3-1-6-2-7-4(3)8-9/h1-2,9H,(H,6,7,8). The van der Waals surface area contributed by atoms with Crippen molar-refractivity contribution in [1.82, 2.24) is 9.97 Å². The summed E-state index contributed by atoms with van der Waals surface area (Å²) in [5.41, 5.74) is 1.90. The van der Waals surface area contributed by atoms with Gasteiger partial charge in [0.15, 0.2) is 5.82 Å². The Kier molecular flexibility index (Phi) is 1.96. The van der Waals surface area contributed by atoms with E-state index in [-0.39, 0.29) is 0 Å². The van der Waals surface area contributed by atoms with Crippen molar-refractivity contribution in [2.24, 2.45) is 0 Å². The third kappa shape index (κ3) is 1.36. The quantitative estimate of drug-likeness (QED) is 0.649. The van der Waals surface area contributed by atoms with E-state index in [1.807, 2.05) is 5.48 Å². The average Bonchev–Trinajstić information content (AvgIpc) is 1.89. The summed E-state index contributed by atoms with van der Waals surface area (Å²) in [6, 6.07) is 0. The van der Waals surface area contributed by atoms with Gasteiger partial charge in [-0.3, -0.25) is 10.7 Å². The Balaban J connectivity index is 3.01. The summed E-state index contributed by atoms with van der Waals surface area (Å²) in [6.07, 6.45) is 2.87. The fraction of sp³-hybridized carbons (Fsp3) is 0. The first-order valence-corrected chi connectivity index (χ1v) is 2.99. The zero-order valence-corrected chi connectivity index (χ0v) is 5.96. The molecule has 1 aromatic heterocycles. The molecular weight excluding hydrogens is 186 g/mol. The van der Waals surface area contributed by atoms with Gasteiger partial charge in [-0.05, 0) is 15.9 Å². The van der Waals surface area contributed by atoms with Crippen LogP contribution < -0.4 is 5.48 Å². The summed E-state index contributed by atoms with van der Waals surface area (Å²) in [4.78, 5) is 7.36. The Morgan fingerprint density at radius 3 is 2.89 bits per heavy atom. The highest BCUT2D eigenvalue weighted by atomic mass is 79.9. The molecule has 0 aliphatic carbocycles. The average molecular weight is 190 g/mol. The van der Waals surface area contributed by atoms with Crippen molar-refractivity contribution in [3.63, 3.8) is 0 Å². The predicted octanol–water partition coefficient (Wildman–Crippen LogP) is 1.04. The number of anilines is 1. The van der Waals surface area contributed by atoms with Crippen LogP contribution in [0.2, 0.25) is 0 Å². The lowest BCUT2D eigenvalue weighted by molar-refractivity contribution is 0.385. The van der Waals surface area contributed by atoms with Crippen LogP contribution in [0.3, 0.4) is 0 Å². The summed E-state index contributed by atoms with van der Waals surface area (Å²) in [5.74, 6) is 0.366. The van der Waals surface area contributed by atoms with Gasteiger partial charge >= 0.3 is 0 Å². The maximum Gasteiger partial charge on any atom is 0.167 e. The van der Waals surface area contributed by atoms with Crippen molar-refractivity contribution in [3.8, 4) is 0 Å². The van der Waals surface area contributed by atoms with Gasteiger partial charge in [0.05, 0.1) is 4.47 Å². The van der Waals surface area contributed by atoms with Crippen LogP contribution in [0, 0.1) is 0 Å². The Labute approximate surface area is 60.0 Å². The summed E-state index contributed by atoms with van der Waals surface area (Å²) in [5, 5.41) is 8.35. The maximum absolute atomic E-state index is 8.35. The number of hydrogen-bond donors (Lipinski definition) is 2. The second kappa shape index (κ2) is 2.75. The molecule has 0 aromatic carbocycles. The third-order valence-corrected chi connectivity index (χ3v) is 1.35. The lowest BCUT2D eigenvalue weighted by atomic mass is 10.6. The highest BCUT2D eigenvalue weighted by molar-refractivity contribution is 9.10. The molecule has 9 heavy (non-hydrogen) atoms. The molecule has 0 saturated carbocycles. The van der Waals surface area contributed by atoms with Crippen LogP contribution in [-0.4, -0.2) is 15.2 Å². The summed E-state index contributed by atoms with van der Waals surface area (Å²) in [7, 11) is 0. The Morgan fingerprint density at radius 1 is 1.67 bits per heavy atom. The van der Waals surface area contributed by atoms with Crippen LogP contribution in [0.4, 0.5) is 5.82 Å². The SMILES string of the molecule is ONc1ncncc1Br. The number of nitrogens with zero attached hydrogens (tertiary/aromatic N) is 2. The minimum atomic E-state index is 0.366. The molecule has 48 valence electrons. The van der Waals surface area contributed by atoms with Gasteiger partial charge in [-0.1, -0.05) is 0 Å². The molecule has 0 amide bonds. The molecule has 1 heterocycles. The molecule has 0 radical (unpaired) electrons. The Bertz CT molecular complexity index is 205. The first-order chi connectivity index (χ1) is 4.34. The number of nitrogens with one attached hydrogen (secondary N) is 1. The lowest BCUT2D eigenvalue weighted by Gasteiger charge is -1.96. The van der Waals surface area contributed by atoms with Crippen LogP contribution in [0.1, 0.15) is 0 Å². The Morgan fingerprint density at radius 2 is 2.44 bits per heavy atom. The van der Waals surface area contributed by atoms with E-state index in [1.165, 1.54) is 12.5 Å². The first-order valence-electron chi connectivity index (χ1n) is 2.20. The van der Waals surface area contributed by atoms with Crippen molar-refractivity contribution >= 4 is 21.7 Å². The predicted molar refractivity (Wildman–Crippen MR) is 35.1 cm³/mol. The van der Waals surface area contributed by atoms with Crippen LogP contribution in [0.25, 0.3) is 0 Å². The largest absolute Gasteiger partial charge is 0.290 e. The van der Waals surface area contributed by atoms with Crippen LogP contribution in [-0.2, 0) is 0 Å². The minimum absolute atomic E-state index is 0.366. The molecule has 0 unspecified atom stereocenters. The van der Waals surface area contributed by atoms with Gasteiger partial charge < -0.3 is 0 Å². The molecule has 0 aliphatic heterocycles. The molecule has 0 spiro atoms. The van der Waals surface area contributed by atoms with Gasteiger partial charge in [0.2, 0.25) is 0 Å². The van der Waals surface area contributed by atoms with E-state index in [2.05, 4.69) is 25.9 Å². The molecule has 0 bridgehead atoms. The van der Waals surface area contributed by atoms with E-state index >= 15 is 0 Å². The zero-order chi connectivity index (χ0) is 6.69. The summed E-state index contributed by atoms with van der Waals surface area (Å²) in [6.45, 7) is 0. The zero-order valence-electron chi connectivity index (χ0n) is 4.37. The topological polar surface area (TPSA) is 58.0 Å². The monoisotopic (exact) mass is 189 g/mol. The van der Waals surface area contributed by atoms with E-state index < -0.39 is 0 Å². The lowest BCUT2D eigenvalue weighted by Crippen LogP contribution is -1.93. The van der Waals surface area contributed by atoms with Crippen LogP contribution in [0.15, 0.2) is 17.0 Å². The normalized spacial score (nSPS) is 9.11. The minimum Gasteiger partial charge on any atom is -0.290 e. The van der Waals surface area contributed by atoms with Crippen molar-refractivity contribution in [1.29, 1.82) is 0 Å². The third-order valence-electron chi connectivity index (χ3n) is 0.774. The molecule has 2 N–H and O–H groups in total. The van der Waals surface area contributed by atoms with Gasteiger partial charge in [-0.25, -0.2) is 9.97 Å². The Hall–Kier alpha value is -0.680. The second-order valence-electron chi connectivity index (χ2n) is 1.33. The van der Waals surface area contributed by atoms with Crippen molar-refractivity contribution in [2.75, 3.05) is 5.48 Å². The molecule has 0 aliphatic rings. The molecular formula is C4H4BrN3O. The van der Waals surface area contributed by atoms with Crippen LogP contribution in [0.5, 0.6) is 0 Å². The molecule has 1 aromatic rings. The molecule has 0 atom stereocenters. The fourth-order valence-corrected chi connectivity index (χ4v) is 0.704.